The number of aromatic nitrogens is 2. The van der Waals surface area contributed by atoms with Gasteiger partial charge in [0, 0.05) is 30.1 Å². The number of thioether (sulfide) groups is 1. The molecule has 1 aliphatic heterocycles. The Bertz CT molecular complexity index is 1170. The molecular weight excluding hydrogens is 493 g/mol. The first-order valence-corrected chi connectivity index (χ1v) is 11.8. The third-order valence-electron chi connectivity index (χ3n) is 6.13. The molecule has 1 saturated carbocycles. The summed E-state index contributed by atoms with van der Waals surface area (Å²) >= 11 is 1.20. The van der Waals surface area contributed by atoms with Crippen LogP contribution in [0.3, 0.4) is 0 Å². The highest BCUT2D eigenvalue weighted by Crippen LogP contribution is 2.30. The minimum Gasteiger partial charge on any atom is -0.375 e. The molecule has 1 amide bonds. The molecule has 1 aromatic carbocycles. The summed E-state index contributed by atoms with van der Waals surface area (Å²) in [4.78, 5) is 33.4. The summed E-state index contributed by atoms with van der Waals surface area (Å²) in [5.41, 5.74) is 3.56. The standard InChI is InChI=1S/C24H25N5O2S.2ClH/c30-22-14-27-21-10-9-17(28-24(21)32-22)13-26-16-7-5-15(6-8-16)23(31)29-20-11-12-25-19-4-2-1-3-18(19)20;;/h1-4,9-12,15-16,26-27H,5-8,13-14H2,(H,25,29,31);2*1H. The molecule has 34 heavy (non-hydrogen) atoms. The predicted molar refractivity (Wildman–Crippen MR) is 141 cm³/mol. The third kappa shape index (κ3) is 5.99. The number of carbonyl (C=O) groups excluding carboxylic acids is 2. The van der Waals surface area contributed by atoms with Gasteiger partial charge >= 0.3 is 0 Å². The van der Waals surface area contributed by atoms with Crippen molar-refractivity contribution in [1.29, 1.82) is 0 Å². The highest BCUT2D eigenvalue weighted by Gasteiger charge is 2.26. The van der Waals surface area contributed by atoms with Crippen molar-refractivity contribution >= 4 is 69.9 Å². The molecule has 0 spiro atoms. The highest BCUT2D eigenvalue weighted by atomic mass is 35.5. The third-order valence-corrected chi connectivity index (χ3v) is 7.00. The maximum absolute atomic E-state index is 12.9. The molecule has 0 radical (unpaired) electrons. The Morgan fingerprint density at radius 1 is 1.06 bits per heavy atom. The van der Waals surface area contributed by atoms with Crippen LogP contribution in [0.1, 0.15) is 31.4 Å². The van der Waals surface area contributed by atoms with E-state index in [9.17, 15) is 9.59 Å². The van der Waals surface area contributed by atoms with Gasteiger partial charge in [-0.05, 0) is 61.7 Å². The van der Waals surface area contributed by atoms with E-state index in [0.29, 0.717) is 19.1 Å². The molecule has 10 heteroatoms. The van der Waals surface area contributed by atoms with Gasteiger partial charge in [0.15, 0.2) is 0 Å². The van der Waals surface area contributed by atoms with Gasteiger partial charge < -0.3 is 16.0 Å². The lowest BCUT2D eigenvalue weighted by molar-refractivity contribution is -0.120. The zero-order chi connectivity index (χ0) is 21.9. The first-order valence-electron chi connectivity index (χ1n) is 11.0. The topological polar surface area (TPSA) is 96.0 Å². The Morgan fingerprint density at radius 3 is 2.68 bits per heavy atom. The molecular formula is C24H27Cl2N5O2S. The van der Waals surface area contributed by atoms with E-state index in [1.807, 2.05) is 42.5 Å². The maximum atomic E-state index is 12.9. The number of nitrogens with one attached hydrogen (secondary N) is 3. The van der Waals surface area contributed by atoms with Crippen molar-refractivity contribution in [3.63, 3.8) is 0 Å². The van der Waals surface area contributed by atoms with Gasteiger partial charge in [0.25, 0.3) is 0 Å². The van der Waals surface area contributed by atoms with Gasteiger partial charge in [0.1, 0.15) is 5.03 Å². The number of pyridine rings is 2. The fraction of sp³-hybridized carbons (Fsp3) is 0.333. The number of amides is 1. The molecule has 2 aromatic heterocycles. The number of fused-ring (bicyclic) bond motifs is 2. The molecule has 0 atom stereocenters. The maximum Gasteiger partial charge on any atom is 0.227 e. The Hall–Kier alpha value is -2.39. The Balaban J connectivity index is 0.00000162. The summed E-state index contributed by atoms with van der Waals surface area (Å²) in [6.07, 6.45) is 5.36. The van der Waals surface area contributed by atoms with E-state index in [1.165, 1.54) is 11.8 Å². The van der Waals surface area contributed by atoms with E-state index in [0.717, 1.165) is 58.7 Å². The summed E-state index contributed by atoms with van der Waals surface area (Å²) < 4.78 is 0. The fourth-order valence-electron chi connectivity index (χ4n) is 4.35. The van der Waals surface area contributed by atoms with Crippen LogP contribution in [0.4, 0.5) is 11.4 Å². The quantitative estimate of drug-likeness (QED) is 0.445. The van der Waals surface area contributed by atoms with Crippen LogP contribution in [0.5, 0.6) is 0 Å². The largest absolute Gasteiger partial charge is 0.375 e. The number of carbonyl (C=O) groups is 2. The van der Waals surface area contributed by atoms with Gasteiger partial charge in [-0.1, -0.05) is 18.2 Å². The van der Waals surface area contributed by atoms with Crippen LogP contribution in [0.15, 0.2) is 53.7 Å². The SMILES string of the molecule is Cl.Cl.O=C1CNc2ccc(CNC3CCC(C(=O)Nc4ccnc5ccccc45)CC3)nc2S1. The molecule has 0 saturated heterocycles. The fourth-order valence-corrected chi connectivity index (χ4v) is 5.12. The van der Waals surface area contributed by atoms with Crippen LogP contribution >= 0.6 is 36.6 Å². The van der Waals surface area contributed by atoms with Crippen LogP contribution < -0.4 is 16.0 Å². The van der Waals surface area contributed by atoms with Gasteiger partial charge in [-0.15, -0.1) is 24.8 Å². The average molecular weight is 520 g/mol. The normalized spacial score (nSPS) is 19.2. The smallest absolute Gasteiger partial charge is 0.227 e. The van der Waals surface area contributed by atoms with Crippen molar-refractivity contribution in [3.8, 4) is 0 Å². The van der Waals surface area contributed by atoms with E-state index >= 15 is 0 Å². The van der Waals surface area contributed by atoms with Crippen LogP contribution in [0, 0.1) is 5.92 Å². The summed E-state index contributed by atoms with van der Waals surface area (Å²) in [6, 6.07) is 14.1. The number of hydrogen-bond donors (Lipinski definition) is 3. The lowest BCUT2D eigenvalue weighted by Crippen LogP contribution is -2.36. The van der Waals surface area contributed by atoms with Crippen molar-refractivity contribution in [2.75, 3.05) is 17.2 Å². The number of hydrogen-bond acceptors (Lipinski definition) is 7. The molecule has 7 nitrogen and oxygen atoms in total. The summed E-state index contributed by atoms with van der Waals surface area (Å²) in [5, 5.41) is 11.6. The first-order chi connectivity index (χ1) is 15.7. The van der Waals surface area contributed by atoms with Crippen LogP contribution in [-0.4, -0.2) is 33.6 Å². The average Bonchev–Trinajstić information content (AvgIpc) is 2.83. The Kier molecular flexibility index (Phi) is 9.13. The number of benzene rings is 1. The molecule has 3 N–H and O–H groups in total. The van der Waals surface area contributed by atoms with Gasteiger partial charge in [0.2, 0.25) is 11.0 Å². The van der Waals surface area contributed by atoms with E-state index in [2.05, 4.69) is 25.9 Å². The second-order valence-corrected chi connectivity index (χ2v) is 9.32. The minimum absolute atomic E-state index is 0. The monoisotopic (exact) mass is 519 g/mol. The summed E-state index contributed by atoms with van der Waals surface area (Å²) in [6.45, 7) is 1.01. The highest BCUT2D eigenvalue weighted by molar-refractivity contribution is 8.13. The number of nitrogens with zero attached hydrogens (tertiary/aromatic N) is 2. The molecule has 5 rings (SSSR count). The van der Waals surface area contributed by atoms with Crippen LogP contribution in [0.25, 0.3) is 10.9 Å². The van der Waals surface area contributed by atoms with E-state index in [1.54, 1.807) is 6.20 Å². The summed E-state index contributed by atoms with van der Waals surface area (Å²) in [5.74, 6) is 0.112. The number of rotatable bonds is 5. The Labute approximate surface area is 215 Å². The van der Waals surface area contributed by atoms with Crippen LogP contribution in [-0.2, 0) is 16.1 Å². The van der Waals surface area contributed by atoms with Crippen molar-refractivity contribution in [2.45, 2.75) is 43.3 Å². The zero-order valence-corrected chi connectivity index (χ0v) is 20.9. The minimum atomic E-state index is 0. The molecule has 0 bridgehead atoms. The predicted octanol–water partition coefficient (Wildman–Crippen LogP) is 4.80. The molecule has 2 aliphatic rings. The van der Waals surface area contributed by atoms with E-state index < -0.39 is 0 Å². The van der Waals surface area contributed by atoms with Gasteiger partial charge in [0.05, 0.1) is 29.1 Å². The van der Waals surface area contributed by atoms with Gasteiger partial charge in [-0.2, -0.15) is 0 Å². The van der Waals surface area contributed by atoms with Crippen molar-refractivity contribution in [2.24, 2.45) is 5.92 Å². The first kappa shape index (κ1) is 26.2. The van der Waals surface area contributed by atoms with Gasteiger partial charge in [-0.3, -0.25) is 14.6 Å². The second-order valence-electron chi connectivity index (χ2n) is 8.28. The Morgan fingerprint density at radius 2 is 1.85 bits per heavy atom. The van der Waals surface area contributed by atoms with Gasteiger partial charge in [-0.25, -0.2) is 4.98 Å². The number of para-hydroxylation sites is 1. The van der Waals surface area contributed by atoms with Crippen LogP contribution in [0.2, 0.25) is 0 Å². The molecule has 0 unspecified atom stereocenters. The molecule has 3 aromatic rings. The summed E-state index contributed by atoms with van der Waals surface area (Å²) in [7, 11) is 0. The zero-order valence-electron chi connectivity index (χ0n) is 18.5. The molecule has 1 fully saturated rings. The molecule has 3 heterocycles. The molecule has 1 aliphatic carbocycles. The van der Waals surface area contributed by atoms with Crippen molar-refractivity contribution in [1.82, 2.24) is 15.3 Å². The van der Waals surface area contributed by atoms with Crippen molar-refractivity contribution < 1.29 is 9.59 Å². The number of anilines is 2. The molecule has 180 valence electrons. The van der Waals surface area contributed by atoms with E-state index in [4.69, 9.17) is 0 Å². The second kappa shape index (κ2) is 11.8. The van der Waals surface area contributed by atoms with E-state index in [-0.39, 0.29) is 41.8 Å². The van der Waals surface area contributed by atoms with Crippen molar-refractivity contribution in [3.05, 3.63) is 54.4 Å². The lowest BCUT2D eigenvalue weighted by atomic mass is 9.85. The number of halogens is 2. The lowest BCUT2D eigenvalue weighted by Gasteiger charge is -2.28.